The maximum Gasteiger partial charge on any atom is 0.318 e. The minimum Gasteiger partial charge on any atom is -0.486 e. The van der Waals surface area contributed by atoms with Crippen LogP contribution in [0.1, 0.15) is 25.3 Å². The van der Waals surface area contributed by atoms with Gasteiger partial charge in [-0.2, -0.15) is 0 Å². The molecule has 1 aliphatic rings. The molecule has 1 heterocycles. The van der Waals surface area contributed by atoms with Crippen molar-refractivity contribution in [1.29, 1.82) is 0 Å². The molecule has 0 radical (unpaired) electrons. The molecular weight excluding hydrogens is 324 g/mol. The fraction of sp³-hybridized carbons (Fsp3) is 0.316. The molecule has 2 aromatic carbocycles. The van der Waals surface area contributed by atoms with Gasteiger partial charge in [0.15, 0.2) is 11.5 Å². The Morgan fingerprint density at radius 2 is 1.92 bits per heavy atom. The summed E-state index contributed by atoms with van der Waals surface area (Å²) in [6.07, 6.45) is 0. The van der Waals surface area contributed by atoms with E-state index >= 15 is 0 Å². The number of carbonyl (C=O) groups is 1. The van der Waals surface area contributed by atoms with Gasteiger partial charge in [-0.3, -0.25) is 4.79 Å². The van der Waals surface area contributed by atoms with Gasteiger partial charge in [-0.15, -0.1) is 11.8 Å². The summed E-state index contributed by atoms with van der Waals surface area (Å²) in [6, 6.07) is 13.2. The lowest BCUT2D eigenvalue weighted by Crippen LogP contribution is -2.18. The van der Waals surface area contributed by atoms with Crippen molar-refractivity contribution >= 4 is 17.7 Å². The highest BCUT2D eigenvalue weighted by Crippen LogP contribution is 2.34. The van der Waals surface area contributed by atoms with Gasteiger partial charge >= 0.3 is 5.97 Å². The third-order valence-electron chi connectivity index (χ3n) is 3.78. The van der Waals surface area contributed by atoms with Crippen LogP contribution in [0.4, 0.5) is 0 Å². The smallest absolute Gasteiger partial charge is 0.318 e. The lowest BCUT2D eigenvalue weighted by atomic mass is 10.0. The molecule has 24 heavy (non-hydrogen) atoms. The molecule has 0 aliphatic carbocycles. The second kappa shape index (κ2) is 7.62. The fourth-order valence-electron chi connectivity index (χ4n) is 2.47. The van der Waals surface area contributed by atoms with Crippen molar-refractivity contribution in [2.45, 2.75) is 24.7 Å². The first-order valence-electron chi connectivity index (χ1n) is 8.02. The normalized spacial score (nSPS) is 14.1. The van der Waals surface area contributed by atoms with Crippen molar-refractivity contribution in [3.05, 3.63) is 48.0 Å². The molecule has 0 N–H and O–H groups in total. The first-order chi connectivity index (χ1) is 11.7. The molecule has 0 fully saturated rings. The van der Waals surface area contributed by atoms with Gasteiger partial charge in [0.05, 0.1) is 10.8 Å². The molecule has 1 atom stereocenters. The number of benzene rings is 2. The molecule has 126 valence electrons. The first kappa shape index (κ1) is 16.7. The van der Waals surface area contributed by atoms with E-state index in [-0.39, 0.29) is 11.9 Å². The predicted octanol–water partition coefficient (Wildman–Crippen LogP) is 4.28. The monoisotopic (exact) mass is 344 g/mol. The van der Waals surface area contributed by atoms with Crippen molar-refractivity contribution in [3.63, 3.8) is 0 Å². The van der Waals surface area contributed by atoms with Crippen molar-refractivity contribution in [2.75, 3.05) is 19.0 Å². The van der Waals surface area contributed by atoms with E-state index in [0.717, 1.165) is 22.0 Å². The van der Waals surface area contributed by atoms with Crippen LogP contribution in [0.25, 0.3) is 0 Å². The van der Waals surface area contributed by atoms with Gasteiger partial charge in [-0.1, -0.05) is 25.1 Å². The van der Waals surface area contributed by atoms with Crippen molar-refractivity contribution < 1.29 is 19.0 Å². The number of thioether (sulfide) groups is 1. The average Bonchev–Trinajstić information content (AvgIpc) is 2.62. The Morgan fingerprint density at radius 1 is 1.17 bits per heavy atom. The highest BCUT2D eigenvalue weighted by atomic mass is 32.2. The minimum atomic E-state index is -0.388. The van der Waals surface area contributed by atoms with E-state index in [0.29, 0.717) is 24.7 Å². The first-order valence-corrected chi connectivity index (χ1v) is 9.00. The Morgan fingerprint density at radius 3 is 2.71 bits per heavy atom. The molecule has 1 aliphatic heterocycles. The number of hydrogen-bond acceptors (Lipinski definition) is 5. The lowest BCUT2D eigenvalue weighted by molar-refractivity contribution is -0.135. The zero-order valence-electron chi connectivity index (χ0n) is 13.8. The third-order valence-corrected chi connectivity index (χ3v) is 4.72. The molecule has 0 saturated carbocycles. The molecule has 0 aromatic heterocycles. The number of para-hydroxylation sites is 1. The fourth-order valence-corrected chi connectivity index (χ4v) is 3.21. The summed E-state index contributed by atoms with van der Waals surface area (Å²) < 4.78 is 16.7. The summed E-state index contributed by atoms with van der Waals surface area (Å²) >= 11 is 1.66. The van der Waals surface area contributed by atoms with Crippen molar-refractivity contribution in [2.24, 2.45) is 0 Å². The summed E-state index contributed by atoms with van der Waals surface area (Å²) in [6.45, 7) is 4.98. The van der Waals surface area contributed by atoms with Gasteiger partial charge in [-0.05, 0) is 42.5 Å². The van der Waals surface area contributed by atoms with E-state index in [9.17, 15) is 4.79 Å². The number of esters is 1. The van der Waals surface area contributed by atoms with Crippen LogP contribution in [0.3, 0.4) is 0 Å². The van der Waals surface area contributed by atoms with Crippen LogP contribution in [0, 0.1) is 0 Å². The zero-order chi connectivity index (χ0) is 16.9. The second-order valence-electron chi connectivity index (χ2n) is 5.43. The Hall–Kier alpha value is -2.14. The summed E-state index contributed by atoms with van der Waals surface area (Å²) in [5.41, 5.74) is 0.852. The summed E-state index contributed by atoms with van der Waals surface area (Å²) in [5.74, 6) is 2.26. The zero-order valence-corrected chi connectivity index (χ0v) is 14.6. The van der Waals surface area contributed by atoms with E-state index in [1.54, 1.807) is 11.8 Å². The maximum atomic E-state index is 12.5. The number of rotatable bonds is 5. The minimum absolute atomic E-state index is 0.282. The molecule has 4 nitrogen and oxygen atoms in total. The van der Waals surface area contributed by atoms with Crippen LogP contribution in [0.2, 0.25) is 0 Å². The Kier molecular flexibility index (Phi) is 5.30. The third kappa shape index (κ3) is 3.67. The standard InChI is InChI=1S/C19H20O4S/c1-3-24-18-7-5-4-6-16(18)23-19(20)13(2)14-8-9-15-17(12-14)22-11-10-21-15/h4-9,12-13H,3,10-11H2,1-2H3. The van der Waals surface area contributed by atoms with Crippen molar-refractivity contribution in [3.8, 4) is 17.2 Å². The molecular formula is C19H20O4S. The Labute approximate surface area is 146 Å². The Balaban J connectivity index is 1.75. The molecule has 0 spiro atoms. The van der Waals surface area contributed by atoms with E-state index < -0.39 is 0 Å². The van der Waals surface area contributed by atoms with Crippen LogP contribution < -0.4 is 14.2 Å². The average molecular weight is 344 g/mol. The largest absolute Gasteiger partial charge is 0.486 e. The Bertz CT molecular complexity index is 729. The van der Waals surface area contributed by atoms with Gasteiger partial charge in [0.25, 0.3) is 0 Å². The highest BCUT2D eigenvalue weighted by molar-refractivity contribution is 7.99. The molecule has 1 unspecified atom stereocenters. The summed E-state index contributed by atoms with van der Waals surface area (Å²) in [5, 5.41) is 0. The molecule has 5 heteroatoms. The van der Waals surface area contributed by atoms with E-state index in [4.69, 9.17) is 14.2 Å². The van der Waals surface area contributed by atoms with Crippen LogP contribution in [0.15, 0.2) is 47.4 Å². The van der Waals surface area contributed by atoms with E-state index in [2.05, 4.69) is 6.92 Å². The highest BCUT2D eigenvalue weighted by Gasteiger charge is 2.21. The SMILES string of the molecule is CCSc1ccccc1OC(=O)C(C)c1ccc2c(c1)OCCO2. The number of ether oxygens (including phenoxy) is 3. The van der Waals surface area contributed by atoms with Crippen LogP contribution >= 0.6 is 11.8 Å². The number of carbonyl (C=O) groups excluding carboxylic acids is 1. The van der Waals surface area contributed by atoms with E-state index in [1.807, 2.05) is 49.4 Å². The number of fused-ring (bicyclic) bond motifs is 1. The van der Waals surface area contributed by atoms with Crippen LogP contribution in [0.5, 0.6) is 17.2 Å². The predicted molar refractivity (Wildman–Crippen MR) is 94.3 cm³/mol. The lowest BCUT2D eigenvalue weighted by Gasteiger charge is -2.20. The van der Waals surface area contributed by atoms with Crippen molar-refractivity contribution in [1.82, 2.24) is 0 Å². The second-order valence-corrected chi connectivity index (χ2v) is 6.73. The maximum absolute atomic E-state index is 12.5. The molecule has 0 bridgehead atoms. The molecule has 0 amide bonds. The number of hydrogen-bond donors (Lipinski definition) is 0. The summed E-state index contributed by atoms with van der Waals surface area (Å²) in [4.78, 5) is 13.5. The molecule has 2 aromatic rings. The summed E-state index contributed by atoms with van der Waals surface area (Å²) in [7, 11) is 0. The van der Waals surface area contributed by atoms with Crippen LogP contribution in [-0.2, 0) is 4.79 Å². The van der Waals surface area contributed by atoms with Gasteiger partial charge < -0.3 is 14.2 Å². The van der Waals surface area contributed by atoms with Gasteiger partial charge in [0, 0.05) is 0 Å². The van der Waals surface area contributed by atoms with E-state index in [1.165, 1.54) is 0 Å². The van der Waals surface area contributed by atoms with Gasteiger partial charge in [0.2, 0.25) is 0 Å². The topological polar surface area (TPSA) is 44.8 Å². The molecule has 0 saturated heterocycles. The van der Waals surface area contributed by atoms with Crippen LogP contribution in [-0.4, -0.2) is 24.9 Å². The molecule has 3 rings (SSSR count). The quantitative estimate of drug-likeness (QED) is 0.460. The van der Waals surface area contributed by atoms with Gasteiger partial charge in [0.1, 0.15) is 19.0 Å². The van der Waals surface area contributed by atoms with Gasteiger partial charge in [-0.25, -0.2) is 0 Å².